The number of rotatable bonds is 3. The summed E-state index contributed by atoms with van der Waals surface area (Å²) in [5.74, 6) is 0. The third-order valence-corrected chi connectivity index (χ3v) is 6.10. The Labute approximate surface area is 159 Å². The molecule has 1 heterocycles. The summed E-state index contributed by atoms with van der Waals surface area (Å²) in [5, 5.41) is 26.3. The van der Waals surface area contributed by atoms with Crippen LogP contribution in [0.4, 0.5) is 0 Å². The first-order chi connectivity index (χ1) is 12.9. The minimum absolute atomic E-state index is 0.118. The zero-order chi connectivity index (χ0) is 18.0. The minimum Gasteiger partial charge on any atom is -0.411 e. The molecule has 140 valence electrons. The lowest BCUT2D eigenvalue weighted by Crippen LogP contribution is -2.19. The van der Waals surface area contributed by atoms with E-state index in [0.717, 1.165) is 42.2 Å². The van der Waals surface area contributed by atoms with Gasteiger partial charge in [-0.25, -0.2) is 0 Å². The maximum Gasteiger partial charge on any atom is 0.214 e. The predicted octanol–water partition coefficient (Wildman–Crippen LogP) is 4.87. The van der Waals surface area contributed by atoms with Crippen molar-refractivity contribution < 1.29 is 5.21 Å². The van der Waals surface area contributed by atoms with Crippen molar-refractivity contribution >= 4 is 17.5 Å². The summed E-state index contributed by atoms with van der Waals surface area (Å²) in [5.41, 5.74) is 1.81. The van der Waals surface area contributed by atoms with Gasteiger partial charge in [-0.3, -0.25) is 0 Å². The largest absolute Gasteiger partial charge is 0.411 e. The first-order valence-corrected chi connectivity index (χ1v) is 10.5. The standard InChI is InChI=1S/C19H27N5OS/c25-21-17-14-10-5-3-1-2-4-6-11-15-18(17)26-19-20-22-23-24(19)16-12-8-7-9-13-16/h7-9,12-13,18,25H,1-6,10-11,14-15H2/b21-17+/t18-/m1/s1. The molecule has 1 saturated carbocycles. The summed E-state index contributed by atoms with van der Waals surface area (Å²) in [6.07, 6.45) is 11.8. The second-order valence-corrected chi connectivity index (χ2v) is 7.94. The second kappa shape index (κ2) is 10.3. The second-order valence-electron chi connectivity index (χ2n) is 6.77. The van der Waals surface area contributed by atoms with Crippen LogP contribution in [0.15, 0.2) is 40.6 Å². The fourth-order valence-electron chi connectivity index (χ4n) is 3.38. The summed E-state index contributed by atoms with van der Waals surface area (Å²) >= 11 is 1.61. The molecule has 1 fully saturated rings. The Hall–Kier alpha value is -1.89. The van der Waals surface area contributed by atoms with Gasteiger partial charge in [0.25, 0.3) is 0 Å². The predicted molar refractivity (Wildman–Crippen MR) is 104 cm³/mol. The number of nitrogens with zero attached hydrogens (tertiary/aromatic N) is 5. The lowest BCUT2D eigenvalue weighted by atomic mass is 9.99. The highest BCUT2D eigenvalue weighted by molar-refractivity contribution is 8.00. The molecule has 0 amide bonds. The van der Waals surface area contributed by atoms with Crippen molar-refractivity contribution in [3.8, 4) is 5.69 Å². The van der Waals surface area contributed by atoms with E-state index in [1.165, 1.54) is 38.5 Å². The average Bonchev–Trinajstić information content (AvgIpc) is 3.13. The van der Waals surface area contributed by atoms with Gasteiger partial charge in [0.1, 0.15) is 0 Å². The Morgan fingerprint density at radius 3 is 2.38 bits per heavy atom. The monoisotopic (exact) mass is 373 g/mol. The zero-order valence-corrected chi connectivity index (χ0v) is 15.9. The molecule has 0 unspecified atom stereocenters. The zero-order valence-electron chi connectivity index (χ0n) is 15.1. The number of tetrazole rings is 1. The molecule has 0 saturated heterocycles. The molecule has 2 aromatic rings. The van der Waals surface area contributed by atoms with Crippen molar-refractivity contribution in [1.29, 1.82) is 0 Å². The first kappa shape index (κ1) is 18.9. The molecule has 1 aliphatic rings. The molecule has 0 spiro atoms. The maximum atomic E-state index is 9.60. The quantitative estimate of drug-likeness (QED) is 0.614. The topological polar surface area (TPSA) is 76.2 Å². The van der Waals surface area contributed by atoms with Crippen LogP contribution >= 0.6 is 11.8 Å². The normalized spacial score (nSPS) is 21.8. The van der Waals surface area contributed by atoms with Gasteiger partial charge in [-0.05, 0) is 41.8 Å². The summed E-state index contributed by atoms with van der Waals surface area (Å²) in [6, 6.07) is 9.90. The van der Waals surface area contributed by atoms with Crippen molar-refractivity contribution in [3.05, 3.63) is 30.3 Å². The van der Waals surface area contributed by atoms with Crippen molar-refractivity contribution in [3.63, 3.8) is 0 Å². The number of hydrogen-bond donors (Lipinski definition) is 1. The molecule has 0 aliphatic heterocycles. The highest BCUT2D eigenvalue weighted by Gasteiger charge is 2.22. The van der Waals surface area contributed by atoms with E-state index in [1.807, 2.05) is 30.3 Å². The van der Waals surface area contributed by atoms with E-state index in [1.54, 1.807) is 16.4 Å². The number of thioether (sulfide) groups is 1. The number of benzene rings is 1. The minimum atomic E-state index is 0.118. The molecule has 1 aliphatic carbocycles. The Morgan fingerprint density at radius 2 is 1.65 bits per heavy atom. The van der Waals surface area contributed by atoms with Crippen LogP contribution in [0.2, 0.25) is 0 Å². The number of para-hydroxylation sites is 1. The highest BCUT2D eigenvalue weighted by atomic mass is 32.2. The number of aromatic nitrogens is 4. The van der Waals surface area contributed by atoms with Crippen molar-refractivity contribution in [1.82, 2.24) is 20.2 Å². The van der Waals surface area contributed by atoms with Crippen molar-refractivity contribution in [2.45, 2.75) is 74.6 Å². The molecule has 1 atom stereocenters. The summed E-state index contributed by atoms with van der Waals surface area (Å²) in [4.78, 5) is 0. The first-order valence-electron chi connectivity index (χ1n) is 9.60. The van der Waals surface area contributed by atoms with Crippen molar-refractivity contribution in [2.75, 3.05) is 0 Å². The van der Waals surface area contributed by atoms with Crippen LogP contribution < -0.4 is 0 Å². The smallest absolute Gasteiger partial charge is 0.214 e. The van der Waals surface area contributed by atoms with Gasteiger partial charge in [0.2, 0.25) is 5.16 Å². The lowest BCUT2D eigenvalue weighted by molar-refractivity contribution is 0.315. The van der Waals surface area contributed by atoms with Crippen LogP contribution in [0.3, 0.4) is 0 Å². The van der Waals surface area contributed by atoms with E-state index in [2.05, 4.69) is 20.7 Å². The van der Waals surface area contributed by atoms with Gasteiger partial charge in [0.15, 0.2) is 0 Å². The molecule has 0 bridgehead atoms. The maximum absolute atomic E-state index is 9.60. The van der Waals surface area contributed by atoms with Gasteiger partial charge in [0.05, 0.1) is 16.6 Å². The van der Waals surface area contributed by atoms with E-state index in [-0.39, 0.29) is 5.25 Å². The van der Waals surface area contributed by atoms with E-state index in [4.69, 9.17) is 0 Å². The molecule has 7 heteroatoms. The Balaban J connectivity index is 1.75. The van der Waals surface area contributed by atoms with E-state index < -0.39 is 0 Å². The number of oxime groups is 1. The van der Waals surface area contributed by atoms with Crippen LogP contribution in [0.5, 0.6) is 0 Å². The van der Waals surface area contributed by atoms with Gasteiger partial charge in [-0.2, -0.15) is 4.68 Å². The third-order valence-electron chi connectivity index (χ3n) is 4.84. The fourth-order valence-corrected chi connectivity index (χ4v) is 4.54. The van der Waals surface area contributed by atoms with E-state index in [0.29, 0.717) is 0 Å². The molecule has 26 heavy (non-hydrogen) atoms. The van der Waals surface area contributed by atoms with Gasteiger partial charge in [-0.1, -0.05) is 80.1 Å². The van der Waals surface area contributed by atoms with Gasteiger partial charge < -0.3 is 5.21 Å². The molecular weight excluding hydrogens is 346 g/mol. The van der Waals surface area contributed by atoms with Crippen LogP contribution in [-0.2, 0) is 0 Å². The number of hydrogen-bond acceptors (Lipinski definition) is 6. The molecule has 3 rings (SSSR count). The summed E-state index contributed by atoms with van der Waals surface area (Å²) in [7, 11) is 0. The van der Waals surface area contributed by atoms with E-state index in [9.17, 15) is 5.21 Å². The van der Waals surface area contributed by atoms with Gasteiger partial charge in [0, 0.05) is 0 Å². The Bertz CT molecular complexity index is 688. The summed E-state index contributed by atoms with van der Waals surface area (Å²) in [6.45, 7) is 0. The third kappa shape index (κ3) is 5.30. The highest BCUT2D eigenvalue weighted by Crippen LogP contribution is 2.29. The molecule has 6 nitrogen and oxygen atoms in total. The SMILES string of the molecule is O/N=C1\CCCCCCCCCC[C@H]1Sc1nnnn1-c1ccccc1. The molecular formula is C19H27N5OS. The molecule has 1 aromatic heterocycles. The molecule has 0 radical (unpaired) electrons. The Morgan fingerprint density at radius 1 is 0.962 bits per heavy atom. The van der Waals surface area contributed by atoms with Crippen LogP contribution in [0.25, 0.3) is 5.69 Å². The van der Waals surface area contributed by atoms with Crippen LogP contribution in [0, 0.1) is 0 Å². The van der Waals surface area contributed by atoms with Gasteiger partial charge in [-0.15, -0.1) is 5.10 Å². The van der Waals surface area contributed by atoms with Crippen LogP contribution in [0.1, 0.15) is 64.2 Å². The van der Waals surface area contributed by atoms with Crippen LogP contribution in [-0.4, -0.2) is 36.4 Å². The van der Waals surface area contributed by atoms with Gasteiger partial charge >= 0.3 is 0 Å². The van der Waals surface area contributed by atoms with E-state index >= 15 is 0 Å². The molecule has 1 N–H and O–H groups in total. The lowest BCUT2D eigenvalue weighted by Gasteiger charge is -2.18. The fraction of sp³-hybridized carbons (Fsp3) is 0.579. The summed E-state index contributed by atoms with van der Waals surface area (Å²) < 4.78 is 1.76. The Kier molecular flexibility index (Phi) is 7.49. The van der Waals surface area contributed by atoms with Crippen molar-refractivity contribution in [2.24, 2.45) is 5.16 Å². The average molecular weight is 374 g/mol. The molecule has 1 aromatic carbocycles.